The van der Waals surface area contributed by atoms with Crippen molar-refractivity contribution in [3.8, 4) is 0 Å². The van der Waals surface area contributed by atoms with Crippen LogP contribution in [0.1, 0.15) is 11.1 Å². The van der Waals surface area contributed by atoms with E-state index in [2.05, 4.69) is 5.32 Å². The van der Waals surface area contributed by atoms with Crippen molar-refractivity contribution in [2.24, 2.45) is 0 Å². The van der Waals surface area contributed by atoms with Crippen LogP contribution in [0.5, 0.6) is 0 Å². The summed E-state index contributed by atoms with van der Waals surface area (Å²) in [6.45, 7) is 0.673. The maximum atomic E-state index is 12.3. The predicted octanol–water partition coefficient (Wildman–Crippen LogP) is 4.99. The van der Waals surface area contributed by atoms with Gasteiger partial charge in [0.15, 0.2) is 0 Å². The number of hydrogen-bond donors (Lipinski definition) is 3. The Labute approximate surface area is 174 Å². The highest BCUT2D eigenvalue weighted by molar-refractivity contribution is 7.57. The van der Waals surface area contributed by atoms with Gasteiger partial charge in [-0.05, 0) is 35.4 Å². The van der Waals surface area contributed by atoms with E-state index in [0.29, 0.717) is 27.2 Å². The third-order valence-electron chi connectivity index (χ3n) is 3.53. The van der Waals surface area contributed by atoms with Crippen LogP contribution in [0.3, 0.4) is 0 Å². The molecular formula is C17H20Cl4NO3P. The normalized spacial score (nSPS) is 14.3. The molecule has 0 amide bonds. The molecule has 4 nitrogen and oxygen atoms in total. The molecule has 0 aliphatic heterocycles. The van der Waals surface area contributed by atoms with Gasteiger partial charge in [0.1, 0.15) is 0 Å². The van der Waals surface area contributed by atoms with Crippen molar-refractivity contribution in [2.45, 2.75) is 18.8 Å². The van der Waals surface area contributed by atoms with E-state index in [1.54, 1.807) is 36.4 Å². The van der Waals surface area contributed by atoms with E-state index in [-0.39, 0.29) is 31.3 Å². The molecule has 3 N–H and O–H groups in total. The van der Waals surface area contributed by atoms with Gasteiger partial charge < -0.3 is 15.3 Å². The summed E-state index contributed by atoms with van der Waals surface area (Å²) >= 11 is 17.6. The molecule has 2 atom stereocenters. The molecule has 0 fully saturated rings. The molecule has 144 valence electrons. The Morgan fingerprint density at radius 1 is 1.00 bits per heavy atom. The van der Waals surface area contributed by atoms with E-state index < -0.39 is 13.5 Å². The Balaban J connectivity index is 0.00000338. The van der Waals surface area contributed by atoms with E-state index in [9.17, 15) is 14.6 Å². The molecule has 2 aromatic rings. The number of aliphatic hydroxyl groups is 1. The molecule has 2 rings (SSSR count). The van der Waals surface area contributed by atoms with Crippen molar-refractivity contribution in [3.05, 3.63) is 68.7 Å². The molecule has 0 bridgehead atoms. The summed E-state index contributed by atoms with van der Waals surface area (Å²) in [6.07, 6.45) is -1.09. The molecule has 0 aromatic heterocycles. The highest BCUT2D eigenvalue weighted by Crippen LogP contribution is 2.45. The van der Waals surface area contributed by atoms with Crippen LogP contribution in [0.15, 0.2) is 42.5 Å². The molecule has 0 heterocycles. The maximum absolute atomic E-state index is 12.3. The summed E-state index contributed by atoms with van der Waals surface area (Å²) in [6, 6.07) is 12.0. The van der Waals surface area contributed by atoms with Crippen LogP contribution in [-0.4, -0.2) is 28.8 Å². The first-order valence-electron chi connectivity index (χ1n) is 7.63. The fourth-order valence-corrected chi connectivity index (χ4v) is 4.51. The van der Waals surface area contributed by atoms with Gasteiger partial charge in [-0.1, -0.05) is 53.0 Å². The van der Waals surface area contributed by atoms with Crippen molar-refractivity contribution in [1.29, 1.82) is 0 Å². The van der Waals surface area contributed by atoms with Crippen LogP contribution in [-0.2, 0) is 17.3 Å². The molecule has 0 aliphatic rings. The average molecular weight is 459 g/mol. The number of halogens is 4. The zero-order chi connectivity index (χ0) is 18.4. The molecule has 9 heteroatoms. The molecule has 0 radical (unpaired) electrons. The lowest BCUT2D eigenvalue weighted by Crippen LogP contribution is -2.29. The van der Waals surface area contributed by atoms with Crippen LogP contribution in [0.25, 0.3) is 0 Å². The quantitative estimate of drug-likeness (QED) is 0.487. The first kappa shape index (κ1) is 23.7. The number of benzene rings is 2. The summed E-state index contributed by atoms with van der Waals surface area (Å²) in [5, 5.41) is 14.6. The highest BCUT2D eigenvalue weighted by atomic mass is 35.5. The van der Waals surface area contributed by atoms with Gasteiger partial charge in [-0.2, -0.15) is 0 Å². The number of aliphatic hydroxyl groups excluding tert-OH is 1. The van der Waals surface area contributed by atoms with Gasteiger partial charge in [0.25, 0.3) is 0 Å². The first-order chi connectivity index (χ1) is 11.7. The van der Waals surface area contributed by atoms with Crippen LogP contribution < -0.4 is 5.32 Å². The minimum Gasteiger partial charge on any atom is -0.391 e. The summed E-state index contributed by atoms with van der Waals surface area (Å²) in [7, 11) is -3.48. The van der Waals surface area contributed by atoms with E-state index in [1.165, 1.54) is 0 Å². The minimum absolute atomic E-state index is 0. The van der Waals surface area contributed by atoms with Gasteiger partial charge >= 0.3 is 0 Å². The van der Waals surface area contributed by atoms with Gasteiger partial charge in [0.2, 0.25) is 7.37 Å². The van der Waals surface area contributed by atoms with E-state index in [4.69, 9.17) is 34.8 Å². The molecule has 26 heavy (non-hydrogen) atoms. The van der Waals surface area contributed by atoms with E-state index in [1.807, 2.05) is 6.07 Å². The fraction of sp³-hybridized carbons (Fsp3) is 0.294. The third kappa shape index (κ3) is 8.16. The zero-order valence-electron chi connectivity index (χ0n) is 13.7. The van der Waals surface area contributed by atoms with E-state index >= 15 is 0 Å². The Hall–Kier alpha value is -0.290. The predicted molar refractivity (Wildman–Crippen MR) is 111 cm³/mol. The molecular weight excluding hydrogens is 439 g/mol. The standard InChI is InChI=1S/C17H19Cl3NO3P.ClH/c18-14-4-1-12(2-5-14)10-25(23,24)11-15(22)9-21-8-13-3-6-16(19)17(20)7-13;/h1-7,15,21-22H,8-11H2,(H,23,24);1H/t15-;/m0./s1. The largest absolute Gasteiger partial charge is 0.391 e. The average Bonchev–Trinajstić information content (AvgIpc) is 2.52. The zero-order valence-corrected chi connectivity index (χ0v) is 17.7. The lowest BCUT2D eigenvalue weighted by Gasteiger charge is -2.17. The Kier molecular flexibility index (Phi) is 9.95. The third-order valence-corrected chi connectivity index (χ3v) is 6.37. The number of hydrogen-bond acceptors (Lipinski definition) is 3. The highest BCUT2D eigenvalue weighted by Gasteiger charge is 2.23. The molecule has 0 saturated carbocycles. The molecule has 1 unspecified atom stereocenters. The van der Waals surface area contributed by atoms with Crippen LogP contribution in [0, 0.1) is 0 Å². The number of rotatable bonds is 8. The number of nitrogens with one attached hydrogen (secondary N) is 1. The lowest BCUT2D eigenvalue weighted by molar-refractivity contribution is 0.190. The molecule has 0 spiro atoms. The monoisotopic (exact) mass is 457 g/mol. The summed E-state index contributed by atoms with van der Waals surface area (Å²) in [5.41, 5.74) is 1.63. The Morgan fingerprint density at radius 3 is 2.23 bits per heavy atom. The minimum atomic E-state index is -3.48. The second kappa shape index (κ2) is 10.9. The topological polar surface area (TPSA) is 69.6 Å². The maximum Gasteiger partial charge on any atom is 0.207 e. The van der Waals surface area contributed by atoms with Crippen molar-refractivity contribution in [1.82, 2.24) is 5.32 Å². The summed E-state index contributed by atoms with van der Waals surface area (Å²) in [4.78, 5) is 10.1. The van der Waals surface area contributed by atoms with Crippen molar-refractivity contribution < 1.29 is 14.6 Å². The van der Waals surface area contributed by atoms with Crippen molar-refractivity contribution in [2.75, 3.05) is 12.7 Å². The first-order valence-corrected chi connectivity index (χ1v) is 10.8. The van der Waals surface area contributed by atoms with Gasteiger partial charge in [-0.15, -0.1) is 12.4 Å². The second-order valence-electron chi connectivity index (χ2n) is 5.85. The molecule has 2 aromatic carbocycles. The summed E-state index contributed by atoms with van der Waals surface area (Å²) < 4.78 is 12.3. The van der Waals surface area contributed by atoms with Gasteiger partial charge in [0, 0.05) is 24.3 Å². The molecule has 0 saturated heterocycles. The SMILES string of the molecule is Cl.O=P(O)(Cc1ccc(Cl)cc1)C[C@@H](O)CNCc1ccc(Cl)c(Cl)c1. The second-order valence-corrected chi connectivity index (χ2v) is 9.47. The van der Waals surface area contributed by atoms with Crippen LogP contribution in [0.2, 0.25) is 15.1 Å². The Bertz CT molecular complexity index is 758. The smallest absolute Gasteiger partial charge is 0.207 e. The Morgan fingerprint density at radius 2 is 1.62 bits per heavy atom. The van der Waals surface area contributed by atoms with Crippen molar-refractivity contribution in [3.63, 3.8) is 0 Å². The lowest BCUT2D eigenvalue weighted by atomic mass is 10.2. The van der Waals surface area contributed by atoms with Gasteiger partial charge in [0.05, 0.1) is 22.3 Å². The van der Waals surface area contributed by atoms with Crippen LogP contribution >= 0.6 is 54.6 Å². The van der Waals surface area contributed by atoms with Gasteiger partial charge in [-0.3, -0.25) is 4.57 Å². The fourth-order valence-electron chi connectivity index (χ4n) is 2.37. The van der Waals surface area contributed by atoms with Crippen molar-refractivity contribution >= 4 is 54.6 Å². The van der Waals surface area contributed by atoms with Gasteiger partial charge in [-0.25, -0.2) is 0 Å². The summed E-state index contributed by atoms with van der Waals surface area (Å²) in [5.74, 6) is 0. The molecule has 0 aliphatic carbocycles. The van der Waals surface area contributed by atoms with Crippen LogP contribution in [0.4, 0.5) is 0 Å². The van der Waals surface area contributed by atoms with E-state index in [0.717, 1.165) is 5.56 Å².